The van der Waals surface area contributed by atoms with Crippen LogP contribution in [-0.4, -0.2) is 5.97 Å². The molecule has 0 bridgehead atoms. The second-order valence-electron chi connectivity index (χ2n) is 2.50. The summed E-state index contributed by atoms with van der Waals surface area (Å²) < 4.78 is 18.4. The van der Waals surface area contributed by atoms with Gasteiger partial charge < -0.3 is 4.74 Å². The third-order valence-electron chi connectivity index (χ3n) is 1.70. The predicted molar refractivity (Wildman–Crippen MR) is 43.2 cm³/mol. The molecule has 1 aliphatic heterocycles. The van der Waals surface area contributed by atoms with Crippen LogP contribution in [0.3, 0.4) is 0 Å². The molecule has 2 nitrogen and oxygen atoms in total. The first-order valence-electron chi connectivity index (χ1n) is 3.33. The van der Waals surface area contributed by atoms with Crippen LogP contribution in [0, 0.1) is 5.82 Å². The normalized spacial score (nSPS) is 14.3. The molecule has 1 aromatic rings. The van der Waals surface area contributed by atoms with Gasteiger partial charge in [-0.3, -0.25) is 0 Å². The lowest BCUT2D eigenvalue weighted by Gasteiger charge is -1.96. The summed E-state index contributed by atoms with van der Waals surface area (Å²) in [5.41, 5.74) is 0.671. The van der Waals surface area contributed by atoms with Crippen LogP contribution in [0.4, 0.5) is 4.39 Å². The summed E-state index contributed by atoms with van der Waals surface area (Å²) in [6, 6.07) is 2.94. The van der Waals surface area contributed by atoms with Gasteiger partial charge in [0.2, 0.25) is 0 Å². The lowest BCUT2D eigenvalue weighted by Crippen LogP contribution is -1.97. The van der Waals surface area contributed by atoms with E-state index in [1.54, 1.807) is 6.07 Å². The molecule has 12 heavy (non-hydrogen) atoms. The average Bonchev–Trinajstić information content (AvgIpc) is 2.31. The van der Waals surface area contributed by atoms with Gasteiger partial charge in [-0.2, -0.15) is 0 Å². The minimum absolute atomic E-state index is 0.0678. The quantitative estimate of drug-likeness (QED) is 0.640. The van der Waals surface area contributed by atoms with E-state index in [1.165, 1.54) is 6.07 Å². The third kappa shape index (κ3) is 1.03. The van der Waals surface area contributed by atoms with E-state index in [0.717, 1.165) is 0 Å². The first-order chi connectivity index (χ1) is 5.68. The van der Waals surface area contributed by atoms with Crippen molar-refractivity contribution in [1.82, 2.24) is 0 Å². The molecule has 1 heterocycles. The number of carbonyl (C=O) groups excluding carboxylic acids is 1. The molecule has 0 N–H and O–H groups in total. The van der Waals surface area contributed by atoms with Crippen LogP contribution >= 0.6 is 15.9 Å². The van der Waals surface area contributed by atoms with Crippen molar-refractivity contribution in [2.45, 2.75) is 6.61 Å². The molecule has 0 atom stereocenters. The number of ether oxygens (including phenoxy) is 1. The van der Waals surface area contributed by atoms with E-state index in [2.05, 4.69) is 20.7 Å². The summed E-state index contributed by atoms with van der Waals surface area (Å²) in [6.45, 7) is 0.171. The highest BCUT2D eigenvalue weighted by Crippen LogP contribution is 2.26. The molecule has 0 unspecified atom stereocenters. The van der Waals surface area contributed by atoms with Crippen molar-refractivity contribution in [2.75, 3.05) is 0 Å². The van der Waals surface area contributed by atoms with Crippen LogP contribution in [-0.2, 0) is 11.3 Å². The van der Waals surface area contributed by atoms with Crippen molar-refractivity contribution in [3.63, 3.8) is 0 Å². The number of halogens is 2. The molecule has 0 radical (unpaired) electrons. The van der Waals surface area contributed by atoms with Gasteiger partial charge in [0.05, 0.1) is 0 Å². The maximum Gasteiger partial charge on any atom is 0.341 e. The Morgan fingerprint density at radius 1 is 1.50 bits per heavy atom. The van der Waals surface area contributed by atoms with Crippen molar-refractivity contribution in [1.29, 1.82) is 0 Å². The summed E-state index contributed by atoms with van der Waals surface area (Å²) in [7, 11) is 0. The predicted octanol–water partition coefficient (Wildman–Crippen LogP) is 2.26. The smallest absolute Gasteiger partial charge is 0.341 e. The van der Waals surface area contributed by atoms with Gasteiger partial charge in [0, 0.05) is 10.0 Å². The topological polar surface area (TPSA) is 26.3 Å². The van der Waals surface area contributed by atoms with Crippen molar-refractivity contribution >= 4 is 21.9 Å². The zero-order chi connectivity index (χ0) is 8.72. The summed E-state index contributed by atoms with van der Waals surface area (Å²) in [4.78, 5) is 10.9. The fraction of sp³-hybridized carbons (Fsp3) is 0.125. The minimum Gasteiger partial charge on any atom is -0.457 e. The molecule has 1 aliphatic rings. The Hall–Kier alpha value is -0.900. The van der Waals surface area contributed by atoms with Crippen molar-refractivity contribution < 1.29 is 13.9 Å². The maximum absolute atomic E-state index is 13.1. The molecule has 1 aromatic carbocycles. The number of rotatable bonds is 0. The van der Waals surface area contributed by atoms with E-state index in [1.807, 2.05) is 0 Å². The van der Waals surface area contributed by atoms with Gasteiger partial charge in [-0.1, -0.05) is 15.9 Å². The van der Waals surface area contributed by atoms with Crippen LogP contribution in [0.1, 0.15) is 15.9 Å². The van der Waals surface area contributed by atoms with E-state index in [4.69, 9.17) is 0 Å². The van der Waals surface area contributed by atoms with Crippen LogP contribution < -0.4 is 0 Å². The fourth-order valence-electron chi connectivity index (χ4n) is 1.18. The van der Waals surface area contributed by atoms with Crippen LogP contribution in [0.15, 0.2) is 16.6 Å². The minimum atomic E-state index is -0.574. The van der Waals surface area contributed by atoms with E-state index >= 15 is 0 Å². The second kappa shape index (κ2) is 2.55. The van der Waals surface area contributed by atoms with Gasteiger partial charge in [-0.05, 0) is 12.1 Å². The number of hydrogen-bond donors (Lipinski definition) is 0. The number of fused-ring (bicyclic) bond motifs is 1. The highest BCUT2D eigenvalue weighted by atomic mass is 79.9. The van der Waals surface area contributed by atoms with Crippen molar-refractivity contribution in [2.24, 2.45) is 0 Å². The molecule has 0 saturated carbocycles. The van der Waals surface area contributed by atoms with Gasteiger partial charge in [0.15, 0.2) is 0 Å². The highest BCUT2D eigenvalue weighted by molar-refractivity contribution is 9.10. The Labute approximate surface area is 76.5 Å². The molecule has 0 fully saturated rings. The Balaban J connectivity index is 2.68. The SMILES string of the molecule is O=C1OCc2cc(Br)cc(F)c21. The molecule has 0 amide bonds. The number of benzene rings is 1. The van der Waals surface area contributed by atoms with Gasteiger partial charge in [-0.25, -0.2) is 9.18 Å². The molecule has 2 rings (SSSR count). The Morgan fingerprint density at radius 3 is 3.00 bits per heavy atom. The van der Waals surface area contributed by atoms with Gasteiger partial charge >= 0.3 is 5.97 Å². The first-order valence-corrected chi connectivity index (χ1v) is 4.13. The summed E-state index contributed by atoms with van der Waals surface area (Å²) in [6.07, 6.45) is 0. The van der Waals surface area contributed by atoms with Gasteiger partial charge in [0.1, 0.15) is 18.0 Å². The average molecular weight is 231 g/mol. The molecule has 0 saturated heterocycles. The van der Waals surface area contributed by atoms with Gasteiger partial charge in [-0.15, -0.1) is 0 Å². The first kappa shape index (κ1) is 7.73. The molecular weight excluding hydrogens is 227 g/mol. The van der Waals surface area contributed by atoms with E-state index in [9.17, 15) is 9.18 Å². The van der Waals surface area contributed by atoms with Crippen LogP contribution in [0.2, 0.25) is 0 Å². The zero-order valence-electron chi connectivity index (χ0n) is 5.93. The molecule has 4 heteroatoms. The maximum atomic E-state index is 13.1. The largest absolute Gasteiger partial charge is 0.457 e. The zero-order valence-corrected chi connectivity index (χ0v) is 7.52. The number of cyclic esters (lactones) is 1. The monoisotopic (exact) mass is 230 g/mol. The third-order valence-corrected chi connectivity index (χ3v) is 2.16. The number of hydrogen-bond acceptors (Lipinski definition) is 2. The van der Waals surface area contributed by atoms with E-state index in [0.29, 0.717) is 10.0 Å². The van der Waals surface area contributed by atoms with Crippen LogP contribution in [0.25, 0.3) is 0 Å². The summed E-state index contributed by atoms with van der Waals surface area (Å²) in [5, 5.41) is 0. The lowest BCUT2D eigenvalue weighted by molar-refractivity contribution is 0.0532. The number of esters is 1. The van der Waals surface area contributed by atoms with Crippen molar-refractivity contribution in [3.05, 3.63) is 33.5 Å². The Kier molecular flexibility index (Phi) is 1.65. The summed E-state index contributed by atoms with van der Waals surface area (Å²) in [5.74, 6) is -1.10. The van der Waals surface area contributed by atoms with Crippen LogP contribution in [0.5, 0.6) is 0 Å². The van der Waals surface area contributed by atoms with E-state index < -0.39 is 11.8 Å². The Bertz CT molecular complexity index is 362. The second-order valence-corrected chi connectivity index (χ2v) is 3.41. The molecule has 0 spiro atoms. The van der Waals surface area contributed by atoms with E-state index in [-0.39, 0.29) is 12.2 Å². The molecule has 0 aromatic heterocycles. The standard InChI is InChI=1S/C8H4BrFO2/c9-5-1-4-3-12-8(11)7(4)6(10)2-5/h1-2H,3H2. The molecule has 62 valence electrons. The summed E-state index contributed by atoms with van der Waals surface area (Å²) >= 11 is 3.13. The Morgan fingerprint density at radius 2 is 2.25 bits per heavy atom. The highest BCUT2D eigenvalue weighted by Gasteiger charge is 2.25. The fourth-order valence-corrected chi connectivity index (χ4v) is 1.66. The van der Waals surface area contributed by atoms with Gasteiger partial charge in [0.25, 0.3) is 0 Å². The molecular formula is C8H4BrFO2. The van der Waals surface area contributed by atoms with Crippen molar-refractivity contribution in [3.8, 4) is 0 Å². The number of carbonyl (C=O) groups is 1. The molecule has 0 aliphatic carbocycles. The lowest BCUT2D eigenvalue weighted by atomic mass is 10.1.